The van der Waals surface area contributed by atoms with Gasteiger partial charge in [-0.2, -0.15) is 0 Å². The van der Waals surface area contributed by atoms with Crippen LogP contribution in [0.15, 0.2) is 60.8 Å². The molecule has 17 heteroatoms. The SMILES string of the molecule is CC/C=C\C/C=C\C/C=C\C/C=C\C[C@H](O)[C@@H](O)CCCC(=O)OC[C@H](COP(=O)(O)OC[C@@H](O)COP(=O)(O)O)OC(=O)CCCCCCC/C=C\CCCCCCCC. The van der Waals surface area contributed by atoms with Crippen molar-refractivity contribution in [2.24, 2.45) is 0 Å². The molecule has 0 aliphatic carbocycles. The van der Waals surface area contributed by atoms with E-state index in [1.54, 1.807) is 6.08 Å². The van der Waals surface area contributed by atoms with E-state index in [1.165, 1.54) is 38.5 Å². The molecule has 6 N–H and O–H groups in total. The molecule has 0 aliphatic heterocycles. The van der Waals surface area contributed by atoms with Crippen molar-refractivity contribution >= 4 is 27.6 Å². The fourth-order valence-electron chi connectivity index (χ4n) is 5.61. The number of esters is 2. The molecule has 0 aromatic rings. The number of ether oxygens (including phenoxy) is 2. The first-order chi connectivity index (χ1) is 29.2. The fraction of sp³-hybridized carbons (Fsp3) is 0.727. The van der Waals surface area contributed by atoms with Crippen molar-refractivity contribution in [1.29, 1.82) is 0 Å². The molecule has 0 aliphatic rings. The van der Waals surface area contributed by atoms with Crippen LogP contribution in [0.4, 0.5) is 0 Å². The zero-order valence-electron chi connectivity index (χ0n) is 36.7. The number of aliphatic hydroxyl groups is 3. The van der Waals surface area contributed by atoms with E-state index in [4.69, 9.17) is 23.8 Å². The van der Waals surface area contributed by atoms with Gasteiger partial charge in [0, 0.05) is 12.8 Å². The highest BCUT2D eigenvalue weighted by atomic mass is 31.2. The van der Waals surface area contributed by atoms with Crippen LogP contribution < -0.4 is 0 Å². The van der Waals surface area contributed by atoms with Gasteiger partial charge in [-0.05, 0) is 77.0 Å². The zero-order chi connectivity index (χ0) is 45.5. The Kier molecular flexibility index (Phi) is 37.9. The molecular formula is C44H78O15P2. The number of aliphatic hydroxyl groups excluding tert-OH is 3. The summed E-state index contributed by atoms with van der Waals surface area (Å²) in [5.74, 6) is -1.33. The molecule has 1 unspecified atom stereocenters. The van der Waals surface area contributed by atoms with Crippen LogP contribution in [0, 0.1) is 0 Å². The van der Waals surface area contributed by atoms with E-state index < -0.39 is 78.4 Å². The molecule has 0 saturated heterocycles. The van der Waals surface area contributed by atoms with Gasteiger partial charge in [-0.3, -0.25) is 23.2 Å². The predicted molar refractivity (Wildman–Crippen MR) is 237 cm³/mol. The lowest BCUT2D eigenvalue weighted by molar-refractivity contribution is -0.161. The van der Waals surface area contributed by atoms with Crippen LogP contribution in [0.2, 0.25) is 0 Å². The lowest BCUT2D eigenvalue weighted by Gasteiger charge is -2.20. The molecule has 0 heterocycles. The Labute approximate surface area is 365 Å². The normalized spacial score (nSPS) is 15.6. The average Bonchev–Trinajstić information content (AvgIpc) is 3.21. The van der Waals surface area contributed by atoms with Gasteiger partial charge in [0.25, 0.3) is 0 Å². The third kappa shape index (κ3) is 41.5. The van der Waals surface area contributed by atoms with E-state index in [0.29, 0.717) is 12.8 Å². The summed E-state index contributed by atoms with van der Waals surface area (Å²) in [5, 5.41) is 30.4. The average molecular weight is 909 g/mol. The highest BCUT2D eigenvalue weighted by molar-refractivity contribution is 7.47. The second kappa shape index (κ2) is 39.3. The fourth-order valence-corrected chi connectivity index (χ4v) is 6.76. The summed E-state index contributed by atoms with van der Waals surface area (Å²) in [6, 6.07) is 0. The summed E-state index contributed by atoms with van der Waals surface area (Å²) in [6.07, 6.45) is 33.8. The Morgan fingerprint density at radius 2 is 1.05 bits per heavy atom. The molecule has 0 amide bonds. The van der Waals surface area contributed by atoms with Gasteiger partial charge in [0.1, 0.15) is 12.7 Å². The number of hydrogen-bond acceptors (Lipinski definition) is 12. The zero-order valence-corrected chi connectivity index (χ0v) is 38.5. The molecule has 0 aromatic carbocycles. The monoisotopic (exact) mass is 908 g/mol. The number of hydrogen-bond donors (Lipinski definition) is 6. The van der Waals surface area contributed by atoms with Crippen LogP contribution in [0.1, 0.15) is 155 Å². The molecule has 61 heavy (non-hydrogen) atoms. The number of carbonyl (C=O) groups excluding carboxylic acids is 2. The topological polar surface area (TPSA) is 236 Å². The van der Waals surface area contributed by atoms with E-state index in [1.807, 2.05) is 12.2 Å². The van der Waals surface area contributed by atoms with Gasteiger partial charge < -0.3 is 39.5 Å². The summed E-state index contributed by atoms with van der Waals surface area (Å²) in [7, 11) is -9.78. The minimum absolute atomic E-state index is 0.0583. The summed E-state index contributed by atoms with van der Waals surface area (Å²) >= 11 is 0. The quantitative estimate of drug-likeness (QED) is 0.0145. The first-order valence-corrected chi connectivity index (χ1v) is 25.2. The number of phosphoric ester groups is 2. The first-order valence-electron chi connectivity index (χ1n) is 22.1. The van der Waals surface area contributed by atoms with Gasteiger partial charge in [-0.1, -0.05) is 126 Å². The molecule has 15 nitrogen and oxygen atoms in total. The van der Waals surface area contributed by atoms with Crippen molar-refractivity contribution in [2.75, 3.05) is 26.4 Å². The Morgan fingerprint density at radius 3 is 1.64 bits per heavy atom. The predicted octanol–water partition coefficient (Wildman–Crippen LogP) is 9.17. The molecule has 0 fully saturated rings. The number of allylic oxidation sites excluding steroid dienone is 9. The van der Waals surface area contributed by atoms with E-state index in [2.05, 4.69) is 65.4 Å². The van der Waals surface area contributed by atoms with Crippen LogP contribution >= 0.6 is 15.6 Å². The van der Waals surface area contributed by atoms with Gasteiger partial charge >= 0.3 is 27.6 Å². The number of carbonyl (C=O) groups is 2. The molecule has 0 spiro atoms. The number of unbranched alkanes of at least 4 members (excludes halogenated alkanes) is 11. The molecule has 0 bridgehead atoms. The molecule has 0 saturated carbocycles. The Bertz CT molecular complexity index is 1340. The Balaban J connectivity index is 4.76. The van der Waals surface area contributed by atoms with E-state index >= 15 is 0 Å². The minimum atomic E-state index is -4.90. The molecule has 0 aromatic heterocycles. The highest BCUT2D eigenvalue weighted by Crippen LogP contribution is 2.43. The summed E-state index contributed by atoms with van der Waals surface area (Å²) in [6.45, 7) is 1.29. The lowest BCUT2D eigenvalue weighted by atomic mass is 10.0. The molecule has 354 valence electrons. The van der Waals surface area contributed by atoms with Gasteiger partial charge in [0.2, 0.25) is 0 Å². The summed E-state index contributed by atoms with van der Waals surface area (Å²) < 4.78 is 47.6. The second-order valence-corrected chi connectivity index (χ2v) is 17.6. The summed E-state index contributed by atoms with van der Waals surface area (Å²) in [5.41, 5.74) is 0. The molecular weight excluding hydrogens is 830 g/mol. The van der Waals surface area contributed by atoms with Crippen molar-refractivity contribution in [3.05, 3.63) is 60.8 Å². The van der Waals surface area contributed by atoms with Crippen molar-refractivity contribution in [2.45, 2.75) is 180 Å². The van der Waals surface area contributed by atoms with Gasteiger partial charge in [0.05, 0.1) is 32.0 Å². The molecule has 5 atom stereocenters. The Morgan fingerprint density at radius 1 is 0.541 bits per heavy atom. The molecule has 0 radical (unpaired) electrons. The standard InChI is InChI=1S/C44H78O15P2/c1-3-5-7-9-11-13-15-17-18-19-21-23-25-27-29-33-44(49)59-40(38-58-61(53,54)57-36-39(45)35-56-60(50,51)52)37-55-43(48)34-30-32-42(47)41(46)31-28-26-24-22-20-16-14-12-10-8-6-4-2/h6,8,12,14,17-18,20,22,26,28,39-42,45-47H,3-5,7,9-11,13,15-16,19,21,23-25,27,29-38H2,1-2H3,(H,53,54)(H2,50,51,52)/b8-6-,14-12-,18-17-,22-20-,28-26-/t39-,40+,41-,42-/m0/s1. The summed E-state index contributed by atoms with van der Waals surface area (Å²) in [4.78, 5) is 52.8. The van der Waals surface area contributed by atoms with Crippen molar-refractivity contribution in [3.63, 3.8) is 0 Å². The van der Waals surface area contributed by atoms with Crippen molar-refractivity contribution < 1.29 is 71.8 Å². The number of rotatable bonds is 41. The van der Waals surface area contributed by atoms with Gasteiger partial charge in [-0.15, -0.1) is 0 Å². The van der Waals surface area contributed by atoms with Crippen LogP contribution in [-0.4, -0.2) is 92.8 Å². The number of phosphoric acid groups is 2. The maximum Gasteiger partial charge on any atom is 0.472 e. The van der Waals surface area contributed by atoms with Crippen LogP contribution in [0.25, 0.3) is 0 Å². The largest absolute Gasteiger partial charge is 0.472 e. The van der Waals surface area contributed by atoms with Gasteiger partial charge in [-0.25, -0.2) is 9.13 Å². The lowest BCUT2D eigenvalue weighted by Crippen LogP contribution is -2.30. The van der Waals surface area contributed by atoms with E-state index in [9.17, 15) is 38.9 Å². The van der Waals surface area contributed by atoms with Crippen molar-refractivity contribution in [1.82, 2.24) is 0 Å². The van der Waals surface area contributed by atoms with E-state index in [-0.39, 0.29) is 32.1 Å². The maximum absolute atomic E-state index is 12.7. The van der Waals surface area contributed by atoms with Crippen LogP contribution in [-0.2, 0) is 41.8 Å². The minimum Gasteiger partial charge on any atom is -0.462 e. The maximum atomic E-state index is 12.7. The highest BCUT2D eigenvalue weighted by Gasteiger charge is 2.28. The van der Waals surface area contributed by atoms with Gasteiger partial charge in [0.15, 0.2) is 6.10 Å². The smallest absolute Gasteiger partial charge is 0.462 e. The van der Waals surface area contributed by atoms with E-state index in [0.717, 1.165) is 57.8 Å². The second-order valence-electron chi connectivity index (χ2n) is 14.9. The van der Waals surface area contributed by atoms with Crippen LogP contribution in [0.5, 0.6) is 0 Å². The van der Waals surface area contributed by atoms with Crippen LogP contribution in [0.3, 0.4) is 0 Å². The third-order valence-corrected chi connectivity index (χ3v) is 10.5. The first kappa shape index (κ1) is 58.7. The van der Waals surface area contributed by atoms with Crippen molar-refractivity contribution in [3.8, 4) is 0 Å². The Hall–Kier alpha value is -2.26. The third-order valence-electron chi connectivity index (χ3n) is 9.08. The molecule has 0 rings (SSSR count).